The molecule has 1 saturated carbocycles. The average Bonchev–Trinajstić information content (AvgIpc) is 3.06. The van der Waals surface area contributed by atoms with Crippen LogP contribution in [0.4, 0.5) is 0 Å². The number of aliphatic carboxylic acids is 1. The van der Waals surface area contributed by atoms with Gasteiger partial charge in [-0.3, -0.25) is 14.4 Å². The van der Waals surface area contributed by atoms with Gasteiger partial charge < -0.3 is 25.3 Å². The highest BCUT2D eigenvalue weighted by Crippen LogP contribution is 2.42. The summed E-state index contributed by atoms with van der Waals surface area (Å²) >= 11 is 0. The van der Waals surface area contributed by atoms with Crippen molar-refractivity contribution in [3.8, 4) is 5.75 Å². The highest BCUT2D eigenvalue weighted by Gasteiger charge is 2.51. The molecular formula is C18H18N2O7. The Hall–Kier alpha value is -3.20. The van der Waals surface area contributed by atoms with Crippen molar-refractivity contribution in [3.63, 3.8) is 0 Å². The molecule has 1 aliphatic carbocycles. The highest BCUT2D eigenvalue weighted by molar-refractivity contribution is 6.45. The van der Waals surface area contributed by atoms with Crippen LogP contribution in [0.3, 0.4) is 0 Å². The fraction of sp³-hybridized carbons (Fsp3) is 0.333. The molecule has 1 aromatic heterocycles. The molecule has 1 amide bonds. The van der Waals surface area contributed by atoms with E-state index in [4.69, 9.17) is 15.6 Å². The van der Waals surface area contributed by atoms with Gasteiger partial charge in [-0.2, -0.15) is 0 Å². The number of ketones is 2. The maximum atomic E-state index is 12.6. The summed E-state index contributed by atoms with van der Waals surface area (Å²) in [7, 11) is 0. The minimum Gasteiger partial charge on any atom is -0.481 e. The molecule has 2 unspecified atom stereocenters. The van der Waals surface area contributed by atoms with Crippen LogP contribution in [0.2, 0.25) is 0 Å². The number of aliphatic hydroxyl groups is 1. The topological polar surface area (TPSA) is 149 Å². The van der Waals surface area contributed by atoms with E-state index in [0.717, 1.165) is 0 Å². The Morgan fingerprint density at radius 3 is 2.48 bits per heavy atom. The molecule has 4 N–H and O–H groups in total. The van der Waals surface area contributed by atoms with Crippen LogP contribution < -0.4 is 10.5 Å². The molecule has 0 bridgehead atoms. The molecular weight excluding hydrogens is 356 g/mol. The van der Waals surface area contributed by atoms with Crippen molar-refractivity contribution in [1.29, 1.82) is 0 Å². The van der Waals surface area contributed by atoms with E-state index in [1.807, 2.05) is 6.92 Å². The molecule has 2 aromatic rings. The molecule has 0 spiro atoms. The number of hydrogen-bond donors (Lipinski definition) is 3. The van der Waals surface area contributed by atoms with Gasteiger partial charge in [-0.15, -0.1) is 0 Å². The van der Waals surface area contributed by atoms with Gasteiger partial charge in [-0.25, -0.2) is 4.79 Å². The fourth-order valence-corrected chi connectivity index (χ4v) is 3.29. The highest BCUT2D eigenvalue weighted by atomic mass is 16.5. The number of fused-ring (bicyclic) bond motifs is 1. The first kappa shape index (κ1) is 18.6. The van der Waals surface area contributed by atoms with Gasteiger partial charge in [0, 0.05) is 5.69 Å². The molecule has 0 saturated heterocycles. The van der Waals surface area contributed by atoms with Gasteiger partial charge in [0.2, 0.25) is 0 Å². The Morgan fingerprint density at radius 1 is 1.30 bits per heavy atom. The van der Waals surface area contributed by atoms with Crippen LogP contribution in [0.15, 0.2) is 18.2 Å². The number of carboxylic acid groups (broad SMARTS) is 1. The van der Waals surface area contributed by atoms with Crippen LogP contribution in [0.1, 0.15) is 35.4 Å². The minimum atomic E-state index is -1.21. The van der Waals surface area contributed by atoms with Gasteiger partial charge in [0.15, 0.2) is 12.4 Å². The molecule has 0 radical (unpaired) electrons. The summed E-state index contributed by atoms with van der Waals surface area (Å²) in [5.74, 6) is -3.67. The fourth-order valence-electron chi connectivity index (χ4n) is 3.29. The Kier molecular flexibility index (Phi) is 4.71. The molecule has 9 heteroatoms. The molecule has 1 heterocycles. The first-order chi connectivity index (χ1) is 12.8. The maximum absolute atomic E-state index is 12.6. The quantitative estimate of drug-likeness (QED) is 0.442. The lowest BCUT2D eigenvalue weighted by Gasteiger charge is -2.09. The number of ether oxygens (including phenoxy) is 1. The smallest absolute Gasteiger partial charge is 0.341 e. The third-order valence-corrected chi connectivity index (χ3v) is 4.43. The molecule has 9 nitrogen and oxygen atoms in total. The van der Waals surface area contributed by atoms with E-state index in [9.17, 15) is 24.3 Å². The van der Waals surface area contributed by atoms with Crippen LogP contribution in [-0.4, -0.2) is 50.9 Å². The molecule has 142 valence electrons. The normalized spacial score (nSPS) is 18.5. The van der Waals surface area contributed by atoms with Crippen LogP contribution in [0.25, 0.3) is 10.9 Å². The Bertz CT molecular complexity index is 976. The summed E-state index contributed by atoms with van der Waals surface area (Å²) in [5, 5.41) is 18.9. The number of carbonyl (C=O) groups excluding carboxylic acids is 3. The number of nitrogens with two attached hydrogens (primary N) is 1. The van der Waals surface area contributed by atoms with E-state index < -0.39 is 42.2 Å². The molecule has 1 aromatic carbocycles. The lowest BCUT2D eigenvalue weighted by molar-refractivity contribution is -0.139. The summed E-state index contributed by atoms with van der Waals surface area (Å²) in [6, 6.07) is 3.79. The summed E-state index contributed by atoms with van der Waals surface area (Å²) in [6.45, 7) is 1.20. The Balaban J connectivity index is 2.33. The zero-order chi connectivity index (χ0) is 19.9. The standard InChI is InChI=1S/C18H18N2O7/c1-2-4-8-13(15(23)18(19)26)12-9(20(8)14-16(24)17(14)25)5-3-6-10(12)27-7-11(21)22/h3,5-6,14,16,24H,2,4,7H2,1H3,(H2,19,26)(H,21,22). The van der Waals surface area contributed by atoms with Crippen molar-refractivity contribution in [2.45, 2.75) is 31.9 Å². The molecule has 1 fully saturated rings. The number of carbonyl (C=O) groups is 4. The predicted molar refractivity (Wildman–Crippen MR) is 92.6 cm³/mol. The number of nitrogens with zero attached hydrogens (tertiary/aromatic N) is 1. The van der Waals surface area contributed by atoms with E-state index in [1.165, 1.54) is 10.6 Å². The molecule has 1 aliphatic rings. The predicted octanol–water partition coefficient (Wildman–Crippen LogP) is 0.210. The van der Waals surface area contributed by atoms with E-state index in [1.54, 1.807) is 12.1 Å². The number of Topliss-reactive ketones (excluding diaryl/α,β-unsaturated/α-hetero) is 2. The second kappa shape index (κ2) is 6.84. The zero-order valence-electron chi connectivity index (χ0n) is 14.5. The molecule has 2 atom stereocenters. The van der Waals surface area contributed by atoms with Gasteiger partial charge >= 0.3 is 5.97 Å². The number of carboxylic acids is 1. The average molecular weight is 374 g/mol. The number of rotatable bonds is 8. The number of aromatic nitrogens is 1. The van der Waals surface area contributed by atoms with Crippen LogP contribution in [0, 0.1) is 0 Å². The Morgan fingerprint density at radius 2 is 1.96 bits per heavy atom. The van der Waals surface area contributed by atoms with E-state index in [-0.39, 0.29) is 16.7 Å². The van der Waals surface area contributed by atoms with Gasteiger partial charge in [0.1, 0.15) is 17.9 Å². The first-order valence-corrected chi connectivity index (χ1v) is 8.35. The van der Waals surface area contributed by atoms with Crippen molar-refractivity contribution in [1.82, 2.24) is 4.57 Å². The van der Waals surface area contributed by atoms with Crippen molar-refractivity contribution in [3.05, 3.63) is 29.5 Å². The second-order valence-corrected chi connectivity index (χ2v) is 6.26. The second-order valence-electron chi connectivity index (χ2n) is 6.26. The van der Waals surface area contributed by atoms with Crippen molar-refractivity contribution in [2.24, 2.45) is 5.73 Å². The third kappa shape index (κ3) is 3.06. The van der Waals surface area contributed by atoms with E-state index in [2.05, 4.69) is 0 Å². The lowest BCUT2D eigenvalue weighted by atomic mass is 10.0. The molecule has 27 heavy (non-hydrogen) atoms. The Labute approximate surface area is 153 Å². The number of aliphatic hydroxyl groups excluding tert-OH is 1. The monoisotopic (exact) mass is 374 g/mol. The number of benzene rings is 1. The summed E-state index contributed by atoms with van der Waals surface area (Å²) in [6.07, 6.45) is -0.258. The molecule has 0 aliphatic heterocycles. The van der Waals surface area contributed by atoms with Gasteiger partial charge in [0.05, 0.1) is 16.5 Å². The molecule has 3 rings (SSSR count). The van der Waals surface area contributed by atoms with Crippen molar-refractivity contribution in [2.75, 3.05) is 6.61 Å². The van der Waals surface area contributed by atoms with Crippen molar-refractivity contribution < 1.29 is 34.1 Å². The number of amides is 1. The summed E-state index contributed by atoms with van der Waals surface area (Å²) in [5.41, 5.74) is 5.96. The largest absolute Gasteiger partial charge is 0.481 e. The number of primary amides is 1. The van der Waals surface area contributed by atoms with E-state index >= 15 is 0 Å². The van der Waals surface area contributed by atoms with Crippen molar-refractivity contribution >= 4 is 34.3 Å². The van der Waals surface area contributed by atoms with E-state index in [0.29, 0.717) is 24.1 Å². The SMILES string of the molecule is CCCc1c(C(=O)C(N)=O)c2c(OCC(=O)O)cccc2n1C1C(=O)C1O. The van der Waals surface area contributed by atoms with Crippen LogP contribution in [-0.2, 0) is 20.8 Å². The van der Waals surface area contributed by atoms with Gasteiger partial charge in [-0.05, 0) is 18.6 Å². The lowest BCUT2D eigenvalue weighted by Crippen LogP contribution is -2.24. The van der Waals surface area contributed by atoms with Gasteiger partial charge in [0.25, 0.3) is 11.7 Å². The van der Waals surface area contributed by atoms with Crippen LogP contribution >= 0.6 is 0 Å². The third-order valence-electron chi connectivity index (χ3n) is 4.43. The minimum absolute atomic E-state index is 0.0211. The van der Waals surface area contributed by atoms with Crippen LogP contribution in [0.5, 0.6) is 5.75 Å². The maximum Gasteiger partial charge on any atom is 0.341 e. The zero-order valence-corrected chi connectivity index (χ0v) is 14.5. The van der Waals surface area contributed by atoms with Gasteiger partial charge in [-0.1, -0.05) is 19.4 Å². The summed E-state index contributed by atoms with van der Waals surface area (Å²) in [4.78, 5) is 46.9. The summed E-state index contributed by atoms with van der Waals surface area (Å²) < 4.78 is 6.81. The first-order valence-electron chi connectivity index (χ1n) is 8.35. The number of hydrogen-bond acceptors (Lipinski definition) is 6.